The van der Waals surface area contributed by atoms with Crippen molar-refractivity contribution in [2.24, 2.45) is 0 Å². The van der Waals surface area contributed by atoms with E-state index in [4.69, 9.17) is 0 Å². The molecule has 0 rings (SSSR count). The Morgan fingerprint density at radius 1 is 0.875 bits per heavy atom. The molecule has 0 amide bonds. The molecule has 0 aromatic heterocycles. The topological polar surface area (TPSA) is 242 Å². The van der Waals surface area contributed by atoms with E-state index in [1.54, 1.807) is 0 Å². The summed E-state index contributed by atoms with van der Waals surface area (Å²) in [6.45, 7) is -0.826. The van der Waals surface area contributed by atoms with Crippen LogP contribution in [0.2, 0.25) is 0 Å². The Kier molecular flexibility index (Phi) is 6.99. The van der Waals surface area contributed by atoms with Crippen molar-refractivity contribution >= 4 is 5.97 Å². The minimum atomic E-state index is -3.84. The molecule has 0 fully saturated rings. The summed E-state index contributed by atoms with van der Waals surface area (Å²) in [5.74, 6) is -5.22. The van der Waals surface area contributed by atoms with E-state index in [0.29, 0.717) is 0 Å². The van der Waals surface area contributed by atoms with Crippen molar-refractivity contribution < 1.29 is 34.1 Å². The van der Waals surface area contributed by atoms with Gasteiger partial charge in [-0.1, -0.05) is 0 Å². The van der Waals surface area contributed by atoms with Crippen LogP contribution in [-0.4, -0.2) is 49.1 Å². The fourth-order valence-electron chi connectivity index (χ4n) is 1.38. The number of hydrogen-bond acceptors (Lipinski definition) is 12. The maximum atomic E-state index is 11.2. The summed E-state index contributed by atoms with van der Waals surface area (Å²) in [6, 6.07) is 0. The second-order valence-corrected chi connectivity index (χ2v) is 4.11. The van der Waals surface area contributed by atoms with Crippen molar-refractivity contribution in [3.63, 3.8) is 0 Å². The highest BCUT2D eigenvalue weighted by Crippen LogP contribution is 2.19. The van der Waals surface area contributed by atoms with Crippen LogP contribution in [0.25, 0.3) is 0 Å². The van der Waals surface area contributed by atoms with Gasteiger partial charge < -0.3 is 4.74 Å². The molecule has 0 heterocycles. The second-order valence-electron chi connectivity index (χ2n) is 4.11. The maximum Gasteiger partial charge on any atom is 0.700 e. The zero-order valence-electron chi connectivity index (χ0n) is 11.5. The third kappa shape index (κ3) is 4.74. The molecule has 0 radical (unpaired) electrons. The number of ether oxygens (including phenoxy) is 1. The Bertz CT molecular complexity index is 524. The van der Waals surface area contributed by atoms with Crippen LogP contribution in [0.3, 0.4) is 0 Å². The fraction of sp³-hybridized carbons (Fsp3) is 0.857. The molecule has 0 aliphatic heterocycles. The maximum absolute atomic E-state index is 11.2. The predicted octanol–water partition coefficient (Wildman–Crippen LogP) is -0.937. The number of esters is 1. The molecule has 0 N–H and O–H groups in total. The Morgan fingerprint density at radius 2 is 1.29 bits per heavy atom. The molecule has 0 spiro atoms. The van der Waals surface area contributed by atoms with E-state index in [-0.39, 0.29) is 0 Å². The summed E-state index contributed by atoms with van der Waals surface area (Å²) < 4.78 is 4.29. The molecule has 0 bridgehead atoms. The first kappa shape index (κ1) is 20.5. The summed E-state index contributed by atoms with van der Waals surface area (Å²) in [6.07, 6.45) is -5.64. The quantitative estimate of drug-likeness (QED) is 0.188. The molecule has 0 saturated heterocycles. The smallest absolute Gasteiger partial charge is 0.465 e. The second kappa shape index (κ2) is 8.19. The number of rotatable bonds is 11. The van der Waals surface area contributed by atoms with Gasteiger partial charge in [0, 0.05) is 0 Å². The van der Waals surface area contributed by atoms with E-state index in [0.717, 1.165) is 0 Å². The average molecular weight is 355 g/mol. The van der Waals surface area contributed by atoms with Crippen LogP contribution in [0.5, 0.6) is 0 Å². The van der Waals surface area contributed by atoms with E-state index in [2.05, 4.69) is 4.74 Å². The molecule has 0 atom stereocenters. The molecular formula is C7H9N5O12. The Morgan fingerprint density at radius 3 is 1.62 bits per heavy atom. The van der Waals surface area contributed by atoms with Crippen molar-refractivity contribution in [1.82, 2.24) is 0 Å². The lowest BCUT2D eigenvalue weighted by Gasteiger charge is -2.09. The standard InChI is InChI=1S/C7H9N5O12/c13-6(24-4-2-5(8(14)15)9(16)17)1-3-7(10(18)19,11(20)21)12(22)23/h5H,1-4H2. The number of carbonyl (C=O) groups is 1. The normalized spacial score (nSPS) is 10.9. The fourth-order valence-corrected chi connectivity index (χ4v) is 1.38. The zero-order chi connectivity index (χ0) is 19.1. The lowest BCUT2D eigenvalue weighted by molar-refractivity contribution is -0.970. The highest BCUT2D eigenvalue weighted by Gasteiger charge is 2.69. The first-order chi connectivity index (χ1) is 11.0. The van der Waals surface area contributed by atoms with Crippen molar-refractivity contribution in [3.8, 4) is 0 Å². The van der Waals surface area contributed by atoms with Crippen LogP contribution in [0.15, 0.2) is 0 Å². The van der Waals surface area contributed by atoms with Crippen molar-refractivity contribution in [2.75, 3.05) is 6.61 Å². The SMILES string of the molecule is O=C(CCC([N+](=O)[O-])([N+](=O)[O-])[N+](=O)[O-])OCCC([N+](=O)[O-])[N+](=O)[O-]. The van der Waals surface area contributed by atoms with Gasteiger partial charge >= 0.3 is 17.9 Å². The average Bonchev–Trinajstić information content (AvgIpc) is 2.41. The molecular weight excluding hydrogens is 346 g/mol. The summed E-state index contributed by atoms with van der Waals surface area (Å²) in [7, 11) is 0. The Balaban J connectivity index is 4.70. The van der Waals surface area contributed by atoms with Crippen molar-refractivity contribution in [2.45, 2.75) is 31.2 Å². The number of nitro groups is 5. The highest BCUT2D eigenvalue weighted by atomic mass is 16.7. The summed E-state index contributed by atoms with van der Waals surface area (Å²) in [5, 5.41) is 52.4. The third-order valence-corrected chi connectivity index (χ3v) is 2.67. The Hall–Kier alpha value is -3.53. The zero-order valence-corrected chi connectivity index (χ0v) is 11.5. The largest absolute Gasteiger partial charge is 0.700 e. The van der Waals surface area contributed by atoms with Gasteiger partial charge in [0.1, 0.15) is 13.0 Å². The van der Waals surface area contributed by atoms with Gasteiger partial charge in [-0.3, -0.25) is 55.4 Å². The molecule has 0 unspecified atom stereocenters. The van der Waals surface area contributed by atoms with Gasteiger partial charge in [-0.2, -0.15) is 0 Å². The van der Waals surface area contributed by atoms with Crippen molar-refractivity contribution in [3.05, 3.63) is 50.6 Å². The monoisotopic (exact) mass is 355 g/mol. The predicted molar refractivity (Wildman–Crippen MR) is 66.3 cm³/mol. The molecule has 17 nitrogen and oxygen atoms in total. The van der Waals surface area contributed by atoms with Gasteiger partial charge in [0.25, 0.3) is 0 Å². The van der Waals surface area contributed by atoms with Crippen molar-refractivity contribution in [1.29, 1.82) is 0 Å². The van der Waals surface area contributed by atoms with E-state index >= 15 is 0 Å². The van der Waals surface area contributed by atoms with E-state index in [1.165, 1.54) is 0 Å². The van der Waals surface area contributed by atoms with Gasteiger partial charge in [0.05, 0.1) is 16.3 Å². The van der Waals surface area contributed by atoms with Gasteiger partial charge in [-0.05, 0) is 0 Å². The lowest BCUT2D eigenvalue weighted by atomic mass is 10.2. The van der Waals surface area contributed by atoms with Gasteiger partial charge in [0.2, 0.25) is 0 Å². The van der Waals surface area contributed by atoms with Crippen LogP contribution < -0.4 is 0 Å². The van der Waals surface area contributed by atoms with Crippen LogP contribution in [0.1, 0.15) is 19.3 Å². The first-order valence-corrected chi connectivity index (χ1v) is 5.83. The number of nitrogens with zero attached hydrogens (tertiary/aromatic N) is 5. The van der Waals surface area contributed by atoms with Gasteiger partial charge in [0.15, 0.2) is 21.2 Å². The Labute approximate surface area is 129 Å². The van der Waals surface area contributed by atoms with E-state index in [1.807, 2.05) is 0 Å². The minimum Gasteiger partial charge on any atom is -0.465 e. The number of hydrogen-bond donors (Lipinski definition) is 0. The minimum absolute atomic E-state index is 0.823. The van der Waals surface area contributed by atoms with Crippen LogP contribution in [0, 0.1) is 50.6 Å². The van der Waals surface area contributed by atoms with E-state index < -0.39 is 68.4 Å². The van der Waals surface area contributed by atoms with Crippen LogP contribution in [-0.2, 0) is 9.53 Å². The molecule has 24 heavy (non-hydrogen) atoms. The molecule has 0 aliphatic carbocycles. The lowest BCUT2D eigenvalue weighted by Crippen LogP contribution is -2.53. The van der Waals surface area contributed by atoms with Crippen LogP contribution >= 0.6 is 0 Å². The summed E-state index contributed by atoms with van der Waals surface area (Å²) in [4.78, 5) is 55.8. The molecule has 134 valence electrons. The molecule has 0 saturated carbocycles. The van der Waals surface area contributed by atoms with Gasteiger partial charge in [-0.25, -0.2) is 0 Å². The first-order valence-electron chi connectivity index (χ1n) is 5.83. The summed E-state index contributed by atoms with van der Waals surface area (Å²) >= 11 is 0. The molecule has 0 aromatic rings. The highest BCUT2D eigenvalue weighted by molar-refractivity contribution is 5.69. The van der Waals surface area contributed by atoms with E-state index in [9.17, 15) is 55.4 Å². The van der Waals surface area contributed by atoms with Gasteiger partial charge in [-0.15, -0.1) is 0 Å². The molecule has 0 aliphatic rings. The third-order valence-electron chi connectivity index (χ3n) is 2.67. The summed E-state index contributed by atoms with van der Waals surface area (Å²) in [5.41, 5.74) is 0. The number of carbonyl (C=O) groups excluding carboxylic acids is 1. The molecule has 17 heteroatoms. The molecule has 0 aromatic carbocycles. The van der Waals surface area contributed by atoms with Crippen LogP contribution in [0.4, 0.5) is 0 Å².